The van der Waals surface area contributed by atoms with Crippen molar-refractivity contribution in [3.05, 3.63) is 35.4 Å². The molecule has 0 bridgehead atoms. The van der Waals surface area contributed by atoms with E-state index in [1.807, 2.05) is 13.8 Å². The summed E-state index contributed by atoms with van der Waals surface area (Å²) >= 11 is 1.31. The molecule has 0 saturated carbocycles. The van der Waals surface area contributed by atoms with Crippen LogP contribution in [0.2, 0.25) is 0 Å². The Bertz CT molecular complexity index is 409. The van der Waals surface area contributed by atoms with E-state index in [9.17, 15) is 9.59 Å². The highest BCUT2D eigenvalue weighted by molar-refractivity contribution is 7.98. The second-order valence-corrected chi connectivity index (χ2v) is 5.16. The molecule has 0 fully saturated rings. The highest BCUT2D eigenvalue weighted by Crippen LogP contribution is 2.31. The summed E-state index contributed by atoms with van der Waals surface area (Å²) in [5, 5.41) is 0.266. The average Bonchev–Trinajstić information content (AvgIpc) is 2.55. The van der Waals surface area contributed by atoms with Crippen LogP contribution in [0.25, 0.3) is 0 Å². The van der Waals surface area contributed by atoms with Gasteiger partial charge in [0.1, 0.15) is 0 Å². The van der Waals surface area contributed by atoms with E-state index < -0.39 is 0 Å². The third kappa shape index (κ3) is 1.73. The lowest BCUT2D eigenvalue weighted by Crippen LogP contribution is -2.24. The van der Waals surface area contributed by atoms with E-state index in [0.717, 1.165) is 6.42 Å². The first-order chi connectivity index (χ1) is 7.65. The number of imide groups is 1. The number of carbonyl (C=O) groups is 2. The molecule has 4 heteroatoms. The molecular formula is C12H13NO2S. The van der Waals surface area contributed by atoms with E-state index in [1.54, 1.807) is 24.3 Å². The van der Waals surface area contributed by atoms with Crippen LogP contribution in [0.1, 0.15) is 41.0 Å². The zero-order valence-corrected chi connectivity index (χ0v) is 10.1. The first-order valence-corrected chi connectivity index (χ1v) is 6.13. The molecule has 0 aliphatic carbocycles. The molecule has 16 heavy (non-hydrogen) atoms. The van der Waals surface area contributed by atoms with Crippen LogP contribution in [0.4, 0.5) is 0 Å². The second-order valence-electron chi connectivity index (χ2n) is 3.77. The van der Waals surface area contributed by atoms with Crippen molar-refractivity contribution < 1.29 is 9.59 Å². The molecule has 84 valence electrons. The number of fused-ring (bicyclic) bond motifs is 1. The lowest BCUT2D eigenvalue weighted by molar-refractivity contribution is 0.0776. The minimum absolute atomic E-state index is 0.189. The van der Waals surface area contributed by atoms with Crippen molar-refractivity contribution in [2.24, 2.45) is 0 Å². The average molecular weight is 235 g/mol. The van der Waals surface area contributed by atoms with Crippen LogP contribution in [-0.4, -0.2) is 21.4 Å². The van der Waals surface area contributed by atoms with Crippen LogP contribution in [0.15, 0.2) is 24.3 Å². The van der Waals surface area contributed by atoms with Crippen LogP contribution >= 0.6 is 11.9 Å². The van der Waals surface area contributed by atoms with Gasteiger partial charge in [-0.25, -0.2) is 4.31 Å². The summed E-state index contributed by atoms with van der Waals surface area (Å²) in [6, 6.07) is 6.96. The predicted octanol–water partition coefficient (Wildman–Crippen LogP) is 2.73. The standard InChI is InChI=1S/C12H13NO2S/c1-3-8(2)16-13-11(14)9-6-4-5-7-10(9)12(13)15/h4-8H,3H2,1-2H3. The molecule has 1 unspecified atom stereocenters. The van der Waals surface area contributed by atoms with Gasteiger partial charge in [-0.15, -0.1) is 0 Å². The molecule has 0 aromatic heterocycles. The molecule has 2 amide bonds. The summed E-state index contributed by atoms with van der Waals surface area (Å²) in [6.45, 7) is 4.05. The number of hydrogen-bond donors (Lipinski definition) is 0. The van der Waals surface area contributed by atoms with E-state index in [-0.39, 0.29) is 17.1 Å². The topological polar surface area (TPSA) is 37.4 Å². The molecule has 1 aromatic rings. The van der Waals surface area contributed by atoms with E-state index in [0.29, 0.717) is 11.1 Å². The molecule has 1 aliphatic rings. The Morgan fingerprint density at radius 3 is 2.12 bits per heavy atom. The Balaban J connectivity index is 2.28. The smallest absolute Gasteiger partial charge is 0.268 e. The van der Waals surface area contributed by atoms with Crippen molar-refractivity contribution >= 4 is 23.8 Å². The summed E-state index contributed by atoms with van der Waals surface area (Å²) in [4.78, 5) is 23.9. The molecule has 3 nitrogen and oxygen atoms in total. The van der Waals surface area contributed by atoms with Gasteiger partial charge in [0.05, 0.1) is 11.1 Å². The maximum atomic E-state index is 11.9. The van der Waals surface area contributed by atoms with Crippen LogP contribution < -0.4 is 0 Å². The van der Waals surface area contributed by atoms with Crippen LogP contribution in [0, 0.1) is 0 Å². The normalized spacial score (nSPS) is 16.5. The third-order valence-electron chi connectivity index (χ3n) is 2.62. The summed E-state index contributed by atoms with van der Waals surface area (Å²) in [7, 11) is 0. The Morgan fingerprint density at radius 2 is 1.69 bits per heavy atom. The van der Waals surface area contributed by atoms with Crippen LogP contribution in [0.5, 0.6) is 0 Å². The molecule has 1 heterocycles. The lowest BCUT2D eigenvalue weighted by Gasteiger charge is -2.16. The van der Waals surface area contributed by atoms with E-state index in [1.165, 1.54) is 16.3 Å². The molecule has 2 rings (SSSR count). The molecule has 0 N–H and O–H groups in total. The number of benzene rings is 1. The lowest BCUT2D eigenvalue weighted by atomic mass is 10.1. The molecule has 0 spiro atoms. The van der Waals surface area contributed by atoms with Gasteiger partial charge in [0.25, 0.3) is 11.8 Å². The van der Waals surface area contributed by atoms with Gasteiger partial charge in [-0.1, -0.05) is 26.0 Å². The summed E-state index contributed by atoms with van der Waals surface area (Å²) in [5.41, 5.74) is 1.03. The molecule has 1 aromatic carbocycles. The summed E-state index contributed by atoms with van der Waals surface area (Å²) in [6.07, 6.45) is 0.929. The van der Waals surface area contributed by atoms with E-state index in [4.69, 9.17) is 0 Å². The third-order valence-corrected chi connectivity index (χ3v) is 3.85. The van der Waals surface area contributed by atoms with Crippen molar-refractivity contribution in [1.29, 1.82) is 0 Å². The minimum atomic E-state index is -0.189. The van der Waals surface area contributed by atoms with Gasteiger partial charge in [-0.3, -0.25) is 9.59 Å². The van der Waals surface area contributed by atoms with Gasteiger partial charge in [-0.2, -0.15) is 0 Å². The van der Waals surface area contributed by atoms with Gasteiger partial charge in [-0.05, 0) is 30.5 Å². The number of nitrogens with zero attached hydrogens (tertiary/aromatic N) is 1. The molecule has 1 aliphatic heterocycles. The number of rotatable bonds is 3. The highest BCUT2D eigenvalue weighted by Gasteiger charge is 2.36. The van der Waals surface area contributed by atoms with Crippen molar-refractivity contribution in [1.82, 2.24) is 4.31 Å². The Labute approximate surface area is 99.0 Å². The van der Waals surface area contributed by atoms with Crippen molar-refractivity contribution in [3.8, 4) is 0 Å². The number of carbonyl (C=O) groups excluding carboxylic acids is 2. The minimum Gasteiger partial charge on any atom is -0.268 e. The van der Waals surface area contributed by atoms with Gasteiger partial charge >= 0.3 is 0 Å². The highest BCUT2D eigenvalue weighted by atomic mass is 32.2. The SMILES string of the molecule is CCC(C)SN1C(=O)c2ccccc2C1=O. The fourth-order valence-corrected chi connectivity index (χ4v) is 2.41. The van der Waals surface area contributed by atoms with Crippen molar-refractivity contribution in [3.63, 3.8) is 0 Å². The largest absolute Gasteiger partial charge is 0.271 e. The Kier molecular flexibility index (Phi) is 3.01. The second kappa shape index (κ2) is 4.29. The summed E-state index contributed by atoms with van der Waals surface area (Å²) < 4.78 is 1.28. The zero-order valence-electron chi connectivity index (χ0n) is 9.27. The van der Waals surface area contributed by atoms with Gasteiger partial charge < -0.3 is 0 Å². The first-order valence-electron chi connectivity index (χ1n) is 5.29. The maximum absolute atomic E-state index is 11.9. The van der Waals surface area contributed by atoms with Crippen molar-refractivity contribution in [2.75, 3.05) is 0 Å². The van der Waals surface area contributed by atoms with Crippen LogP contribution in [-0.2, 0) is 0 Å². The molecular weight excluding hydrogens is 222 g/mol. The van der Waals surface area contributed by atoms with Crippen LogP contribution in [0.3, 0.4) is 0 Å². The maximum Gasteiger partial charge on any atom is 0.271 e. The quantitative estimate of drug-likeness (QED) is 0.597. The fraction of sp³-hybridized carbons (Fsp3) is 0.333. The number of hydrogen-bond acceptors (Lipinski definition) is 3. The molecule has 0 radical (unpaired) electrons. The monoisotopic (exact) mass is 235 g/mol. The predicted molar refractivity (Wildman–Crippen MR) is 64.3 cm³/mol. The molecule has 1 atom stereocenters. The Morgan fingerprint density at radius 1 is 1.19 bits per heavy atom. The van der Waals surface area contributed by atoms with E-state index >= 15 is 0 Å². The van der Waals surface area contributed by atoms with Gasteiger partial charge in [0.15, 0.2) is 0 Å². The Hall–Kier alpha value is -1.29. The van der Waals surface area contributed by atoms with Gasteiger partial charge in [0, 0.05) is 5.25 Å². The zero-order chi connectivity index (χ0) is 11.7. The molecule has 0 saturated heterocycles. The summed E-state index contributed by atoms with van der Waals surface area (Å²) in [5.74, 6) is -0.378. The van der Waals surface area contributed by atoms with Gasteiger partial charge in [0.2, 0.25) is 0 Å². The fourth-order valence-electron chi connectivity index (χ4n) is 1.52. The van der Waals surface area contributed by atoms with Crippen molar-refractivity contribution in [2.45, 2.75) is 25.5 Å². The first kappa shape index (κ1) is 11.2. The van der Waals surface area contributed by atoms with E-state index in [2.05, 4.69) is 0 Å². The number of amides is 2.